The molecule has 0 spiro atoms. The summed E-state index contributed by atoms with van der Waals surface area (Å²) in [5, 5.41) is 18.3. The summed E-state index contributed by atoms with van der Waals surface area (Å²) in [5.74, 6) is 0. The number of hydrazine groups is 1. The molecule has 8 heteroatoms. The van der Waals surface area contributed by atoms with Crippen LogP contribution in [0, 0.1) is 20.2 Å². The zero-order valence-corrected chi connectivity index (χ0v) is 8.06. The number of nitrogens with zero attached hydrogens (tertiary/aromatic N) is 2. The van der Waals surface area contributed by atoms with Gasteiger partial charge in [-0.05, 0) is 13.3 Å². The lowest BCUT2D eigenvalue weighted by Gasteiger charge is -2.22. The number of unbranched alkanes of at least 4 members (excludes halogenated alkanes) is 1. The van der Waals surface area contributed by atoms with Crippen LogP contribution in [-0.4, -0.2) is 15.8 Å². The molecule has 0 aromatic carbocycles. The third-order valence-corrected chi connectivity index (χ3v) is 1.61. The summed E-state index contributed by atoms with van der Waals surface area (Å²) in [6.07, 6.45) is 1.58. The second kappa shape index (κ2) is 5.20. The average molecular weight is 207 g/mol. The third-order valence-electron chi connectivity index (χ3n) is 1.61. The number of hydrogen-bond donors (Lipinski definition) is 1. The average Bonchev–Trinajstić information content (AvgIpc) is 1.97. The molecule has 0 heterocycles. The van der Waals surface area contributed by atoms with Crippen LogP contribution < -0.4 is 5.43 Å². The van der Waals surface area contributed by atoms with E-state index in [0.717, 1.165) is 6.42 Å². The smallest absolute Gasteiger partial charge is 0.280 e. The Morgan fingerprint density at radius 2 is 2.00 bits per heavy atom. The number of nitrogens with one attached hydrogen (secondary N) is 1. The van der Waals surface area contributed by atoms with Crippen LogP contribution in [0.5, 0.6) is 0 Å². The van der Waals surface area contributed by atoms with E-state index < -0.39 is 15.8 Å². The SMILES string of the molecule is CCCCC(C)(N[N+](=O)[O-])O[N+](=O)[O-]. The summed E-state index contributed by atoms with van der Waals surface area (Å²) in [6.45, 7) is 3.15. The molecule has 0 aliphatic heterocycles. The van der Waals surface area contributed by atoms with Crippen LogP contribution in [0.15, 0.2) is 0 Å². The van der Waals surface area contributed by atoms with Gasteiger partial charge in [0.05, 0.1) is 0 Å². The Kier molecular flexibility index (Phi) is 4.60. The van der Waals surface area contributed by atoms with E-state index in [4.69, 9.17) is 0 Å². The van der Waals surface area contributed by atoms with Gasteiger partial charge in [-0.2, -0.15) is 0 Å². The Labute approximate surface area is 80.5 Å². The van der Waals surface area contributed by atoms with Gasteiger partial charge >= 0.3 is 0 Å². The molecule has 0 aromatic heterocycles. The van der Waals surface area contributed by atoms with Crippen molar-refractivity contribution in [1.29, 1.82) is 0 Å². The van der Waals surface area contributed by atoms with Gasteiger partial charge in [0.15, 0.2) is 5.03 Å². The molecule has 0 radical (unpaired) electrons. The predicted octanol–water partition coefficient (Wildman–Crippen LogP) is 0.882. The van der Waals surface area contributed by atoms with Crippen LogP contribution in [-0.2, 0) is 4.84 Å². The lowest BCUT2D eigenvalue weighted by atomic mass is 10.1. The van der Waals surface area contributed by atoms with Crippen molar-refractivity contribution in [2.24, 2.45) is 0 Å². The molecule has 0 saturated carbocycles. The van der Waals surface area contributed by atoms with Crippen LogP contribution in [0.1, 0.15) is 33.1 Å². The van der Waals surface area contributed by atoms with Crippen molar-refractivity contribution in [3.63, 3.8) is 0 Å². The standard InChI is InChI=1S/C6H13N3O5/c1-3-4-5-6(2,7-8(10)11)14-9(12)13/h7H,3-5H2,1-2H3. The minimum Gasteiger partial charge on any atom is -0.280 e. The van der Waals surface area contributed by atoms with Gasteiger partial charge < -0.3 is 0 Å². The summed E-state index contributed by atoms with van der Waals surface area (Å²) in [4.78, 5) is 24.5. The molecule has 0 saturated heterocycles. The summed E-state index contributed by atoms with van der Waals surface area (Å²) in [6, 6.07) is 0. The monoisotopic (exact) mass is 207 g/mol. The Hall–Kier alpha value is -1.60. The number of rotatable bonds is 7. The lowest BCUT2D eigenvalue weighted by Crippen LogP contribution is -2.49. The second-order valence-corrected chi connectivity index (χ2v) is 3.02. The second-order valence-electron chi connectivity index (χ2n) is 3.02. The highest BCUT2D eigenvalue weighted by atomic mass is 17.0. The van der Waals surface area contributed by atoms with Crippen molar-refractivity contribution in [2.75, 3.05) is 0 Å². The maximum absolute atomic E-state index is 10.2. The van der Waals surface area contributed by atoms with Crippen molar-refractivity contribution in [2.45, 2.75) is 38.8 Å². The van der Waals surface area contributed by atoms with Gasteiger partial charge in [0.1, 0.15) is 0 Å². The van der Waals surface area contributed by atoms with Gasteiger partial charge in [0, 0.05) is 6.42 Å². The molecule has 0 amide bonds. The molecule has 0 fully saturated rings. The first kappa shape index (κ1) is 12.4. The van der Waals surface area contributed by atoms with Crippen molar-refractivity contribution in [1.82, 2.24) is 5.43 Å². The maximum Gasteiger partial charge on any atom is 0.297 e. The van der Waals surface area contributed by atoms with Gasteiger partial charge in [0.2, 0.25) is 5.72 Å². The molecule has 82 valence electrons. The summed E-state index contributed by atoms with van der Waals surface area (Å²) >= 11 is 0. The zero-order chi connectivity index (χ0) is 11.2. The molecular weight excluding hydrogens is 194 g/mol. The van der Waals surface area contributed by atoms with Crippen LogP contribution in [0.3, 0.4) is 0 Å². The normalized spacial score (nSPS) is 14.1. The fourth-order valence-corrected chi connectivity index (χ4v) is 0.994. The predicted molar refractivity (Wildman–Crippen MR) is 46.1 cm³/mol. The summed E-state index contributed by atoms with van der Waals surface area (Å²) < 4.78 is 0. The molecule has 0 rings (SSSR count). The van der Waals surface area contributed by atoms with Gasteiger partial charge in [-0.15, -0.1) is 15.5 Å². The fourth-order valence-electron chi connectivity index (χ4n) is 0.994. The fraction of sp³-hybridized carbons (Fsp3) is 1.00. The molecule has 8 nitrogen and oxygen atoms in total. The zero-order valence-electron chi connectivity index (χ0n) is 8.06. The van der Waals surface area contributed by atoms with E-state index in [0.29, 0.717) is 6.42 Å². The van der Waals surface area contributed by atoms with Gasteiger partial charge in [-0.3, -0.25) is 4.84 Å². The maximum atomic E-state index is 10.2. The topological polar surface area (TPSA) is 108 Å². The minimum atomic E-state index is -1.55. The van der Waals surface area contributed by atoms with Gasteiger partial charge in [0.25, 0.3) is 5.09 Å². The quantitative estimate of drug-likeness (QED) is 0.377. The Bertz CT molecular complexity index is 204. The molecule has 0 aromatic rings. The highest BCUT2D eigenvalue weighted by molar-refractivity contribution is 4.65. The molecule has 14 heavy (non-hydrogen) atoms. The van der Waals surface area contributed by atoms with Gasteiger partial charge in [-0.25, -0.2) is 10.1 Å². The number of hydrogen-bond acceptors (Lipinski definition) is 5. The molecule has 1 unspecified atom stereocenters. The van der Waals surface area contributed by atoms with E-state index in [-0.39, 0.29) is 6.42 Å². The van der Waals surface area contributed by atoms with E-state index in [2.05, 4.69) is 4.84 Å². The van der Waals surface area contributed by atoms with Crippen molar-refractivity contribution in [3.8, 4) is 0 Å². The lowest BCUT2D eigenvalue weighted by molar-refractivity contribution is -0.796. The first-order chi connectivity index (χ1) is 6.39. The molecule has 0 aliphatic carbocycles. The van der Waals surface area contributed by atoms with Gasteiger partial charge in [-0.1, -0.05) is 13.3 Å². The molecule has 1 N–H and O–H groups in total. The molecule has 0 bridgehead atoms. The molecular formula is C6H13N3O5. The Morgan fingerprint density at radius 3 is 2.36 bits per heavy atom. The number of nitro groups is 1. The Balaban J connectivity index is 4.31. The van der Waals surface area contributed by atoms with Crippen LogP contribution >= 0.6 is 0 Å². The van der Waals surface area contributed by atoms with E-state index >= 15 is 0 Å². The van der Waals surface area contributed by atoms with E-state index in [1.807, 2.05) is 6.92 Å². The first-order valence-electron chi connectivity index (χ1n) is 4.15. The van der Waals surface area contributed by atoms with Crippen molar-refractivity contribution < 1.29 is 15.0 Å². The highest BCUT2D eigenvalue weighted by Crippen LogP contribution is 2.15. The highest BCUT2D eigenvalue weighted by Gasteiger charge is 2.32. The summed E-state index contributed by atoms with van der Waals surface area (Å²) in [7, 11) is 0. The molecule has 0 aliphatic rings. The molecule has 1 atom stereocenters. The van der Waals surface area contributed by atoms with E-state index in [1.165, 1.54) is 6.92 Å². The largest absolute Gasteiger partial charge is 0.297 e. The third kappa shape index (κ3) is 5.12. The van der Waals surface area contributed by atoms with Crippen LogP contribution in [0.4, 0.5) is 0 Å². The Morgan fingerprint density at radius 1 is 1.43 bits per heavy atom. The van der Waals surface area contributed by atoms with Crippen molar-refractivity contribution >= 4 is 0 Å². The van der Waals surface area contributed by atoms with Crippen LogP contribution in [0.2, 0.25) is 0 Å². The van der Waals surface area contributed by atoms with Crippen LogP contribution in [0.25, 0.3) is 0 Å². The first-order valence-corrected chi connectivity index (χ1v) is 4.15. The summed E-state index contributed by atoms with van der Waals surface area (Å²) in [5.41, 5.74) is 0.228. The van der Waals surface area contributed by atoms with E-state index in [1.54, 1.807) is 5.43 Å². The van der Waals surface area contributed by atoms with E-state index in [9.17, 15) is 20.2 Å². The van der Waals surface area contributed by atoms with Crippen molar-refractivity contribution in [3.05, 3.63) is 20.2 Å². The minimum absolute atomic E-state index is 0.200.